The van der Waals surface area contributed by atoms with Gasteiger partial charge in [-0.05, 0) is 57.6 Å². The van der Waals surface area contributed by atoms with Crippen LogP contribution in [0.2, 0.25) is 0 Å². The third-order valence-electron chi connectivity index (χ3n) is 3.90. The smallest absolute Gasteiger partial charge is 0.252 e. The molecule has 1 N–H and O–H groups in total. The summed E-state index contributed by atoms with van der Waals surface area (Å²) in [4.78, 5) is 12.4. The highest BCUT2D eigenvalue weighted by molar-refractivity contribution is 6.20. The monoisotopic (exact) mass is 279 g/mol. The quantitative estimate of drug-likeness (QED) is 0.818. The van der Waals surface area contributed by atoms with Gasteiger partial charge in [-0.3, -0.25) is 4.79 Å². The first kappa shape index (κ1) is 14.4. The van der Waals surface area contributed by atoms with Gasteiger partial charge in [-0.1, -0.05) is 17.7 Å². The lowest BCUT2D eigenvalue weighted by Gasteiger charge is -2.26. The van der Waals surface area contributed by atoms with Crippen molar-refractivity contribution < 1.29 is 4.79 Å². The van der Waals surface area contributed by atoms with Gasteiger partial charge in [0.25, 0.3) is 5.91 Å². The van der Waals surface area contributed by atoms with E-state index in [2.05, 4.69) is 24.4 Å². The fourth-order valence-corrected chi connectivity index (χ4v) is 3.24. The SMILES string of the molecule is Cc1cc(C)c(C(=O)NC2CCC(Cl)CC2)c(C)c1. The Kier molecular flexibility index (Phi) is 4.51. The van der Waals surface area contributed by atoms with Gasteiger partial charge in [0.05, 0.1) is 0 Å². The van der Waals surface area contributed by atoms with E-state index in [0.29, 0.717) is 0 Å². The van der Waals surface area contributed by atoms with E-state index in [1.165, 1.54) is 5.56 Å². The highest BCUT2D eigenvalue weighted by Crippen LogP contribution is 2.24. The van der Waals surface area contributed by atoms with Crippen LogP contribution in [0.4, 0.5) is 0 Å². The molecule has 0 aromatic heterocycles. The van der Waals surface area contributed by atoms with Crippen LogP contribution in [-0.2, 0) is 0 Å². The second-order valence-electron chi connectivity index (χ2n) is 5.70. The van der Waals surface area contributed by atoms with E-state index in [1.807, 2.05) is 13.8 Å². The first-order chi connectivity index (χ1) is 8.97. The number of benzene rings is 1. The van der Waals surface area contributed by atoms with Crippen molar-refractivity contribution >= 4 is 17.5 Å². The van der Waals surface area contributed by atoms with Gasteiger partial charge in [0.2, 0.25) is 0 Å². The number of aryl methyl sites for hydroxylation is 3. The first-order valence-electron chi connectivity index (χ1n) is 7.00. The molecule has 0 aliphatic heterocycles. The van der Waals surface area contributed by atoms with Gasteiger partial charge in [0, 0.05) is 17.0 Å². The van der Waals surface area contributed by atoms with Crippen LogP contribution < -0.4 is 5.32 Å². The fourth-order valence-electron chi connectivity index (χ4n) is 2.99. The molecule has 0 atom stereocenters. The third-order valence-corrected chi connectivity index (χ3v) is 4.33. The van der Waals surface area contributed by atoms with Crippen molar-refractivity contribution in [2.45, 2.75) is 57.9 Å². The third kappa shape index (κ3) is 3.50. The number of amides is 1. The number of rotatable bonds is 2. The maximum atomic E-state index is 12.4. The predicted molar refractivity (Wildman–Crippen MR) is 80.0 cm³/mol. The molecule has 0 bridgehead atoms. The van der Waals surface area contributed by atoms with E-state index < -0.39 is 0 Å². The Morgan fingerprint density at radius 2 is 1.63 bits per heavy atom. The number of halogens is 1. The van der Waals surface area contributed by atoms with E-state index >= 15 is 0 Å². The molecule has 0 spiro atoms. The molecule has 2 nitrogen and oxygen atoms in total. The van der Waals surface area contributed by atoms with Crippen LogP contribution in [0.5, 0.6) is 0 Å². The van der Waals surface area contributed by atoms with Gasteiger partial charge >= 0.3 is 0 Å². The molecule has 1 aliphatic rings. The normalized spacial score (nSPS) is 23.2. The molecule has 3 heteroatoms. The van der Waals surface area contributed by atoms with Crippen molar-refractivity contribution in [3.05, 3.63) is 34.4 Å². The average molecular weight is 280 g/mol. The largest absolute Gasteiger partial charge is 0.349 e. The van der Waals surface area contributed by atoms with E-state index in [-0.39, 0.29) is 17.3 Å². The summed E-state index contributed by atoms with van der Waals surface area (Å²) >= 11 is 6.09. The maximum Gasteiger partial charge on any atom is 0.252 e. The molecular weight excluding hydrogens is 258 g/mol. The lowest BCUT2D eigenvalue weighted by Crippen LogP contribution is -2.38. The zero-order valence-corrected chi connectivity index (χ0v) is 12.7. The summed E-state index contributed by atoms with van der Waals surface area (Å²) in [6.07, 6.45) is 3.98. The second-order valence-corrected chi connectivity index (χ2v) is 6.31. The van der Waals surface area contributed by atoms with Gasteiger partial charge in [-0.15, -0.1) is 11.6 Å². The molecule has 1 fully saturated rings. The molecule has 0 saturated heterocycles. The lowest BCUT2D eigenvalue weighted by atomic mass is 9.94. The Morgan fingerprint density at radius 3 is 2.16 bits per heavy atom. The summed E-state index contributed by atoms with van der Waals surface area (Å²) < 4.78 is 0. The summed E-state index contributed by atoms with van der Waals surface area (Å²) in [7, 11) is 0. The van der Waals surface area contributed by atoms with Crippen LogP contribution in [0.3, 0.4) is 0 Å². The average Bonchev–Trinajstić information content (AvgIpc) is 2.30. The molecule has 1 aliphatic carbocycles. The highest BCUT2D eigenvalue weighted by atomic mass is 35.5. The second kappa shape index (κ2) is 5.96. The van der Waals surface area contributed by atoms with E-state index in [9.17, 15) is 4.79 Å². The fraction of sp³-hybridized carbons (Fsp3) is 0.562. The number of carbonyl (C=O) groups excluding carboxylic acids is 1. The summed E-state index contributed by atoms with van der Waals surface area (Å²) in [6.45, 7) is 6.07. The van der Waals surface area contributed by atoms with Crippen molar-refractivity contribution in [2.24, 2.45) is 0 Å². The maximum absolute atomic E-state index is 12.4. The molecule has 19 heavy (non-hydrogen) atoms. The van der Waals surface area contributed by atoms with Crippen LogP contribution in [-0.4, -0.2) is 17.3 Å². The number of hydrogen-bond acceptors (Lipinski definition) is 1. The Hall–Kier alpha value is -1.02. The zero-order chi connectivity index (χ0) is 14.0. The highest BCUT2D eigenvalue weighted by Gasteiger charge is 2.22. The van der Waals surface area contributed by atoms with Gasteiger partial charge in [0.15, 0.2) is 0 Å². The van der Waals surface area contributed by atoms with Crippen molar-refractivity contribution in [1.82, 2.24) is 5.32 Å². The molecule has 1 amide bonds. The zero-order valence-electron chi connectivity index (χ0n) is 11.9. The summed E-state index contributed by atoms with van der Waals surface area (Å²) in [6, 6.07) is 4.41. The summed E-state index contributed by atoms with van der Waals surface area (Å²) in [5.74, 6) is 0.0630. The molecule has 0 unspecified atom stereocenters. The van der Waals surface area contributed by atoms with Crippen LogP contribution in [0.15, 0.2) is 12.1 Å². The standard InChI is InChI=1S/C16H22ClNO/c1-10-8-11(2)15(12(3)9-10)16(19)18-14-6-4-13(17)5-7-14/h8-9,13-14H,4-7H2,1-3H3,(H,18,19). The molecule has 1 saturated carbocycles. The van der Waals surface area contributed by atoms with Crippen molar-refractivity contribution in [1.29, 1.82) is 0 Å². The van der Waals surface area contributed by atoms with Crippen LogP contribution in [0.25, 0.3) is 0 Å². The summed E-state index contributed by atoms with van der Waals surface area (Å²) in [5, 5.41) is 3.45. The Bertz CT molecular complexity index is 453. The molecule has 0 heterocycles. The molecule has 104 valence electrons. The molecule has 0 radical (unpaired) electrons. The van der Waals surface area contributed by atoms with Gasteiger partial charge < -0.3 is 5.32 Å². The van der Waals surface area contributed by atoms with Crippen molar-refractivity contribution in [2.75, 3.05) is 0 Å². The molecule has 1 aromatic carbocycles. The predicted octanol–water partition coefficient (Wildman–Crippen LogP) is 3.89. The van der Waals surface area contributed by atoms with Gasteiger partial charge in [-0.25, -0.2) is 0 Å². The van der Waals surface area contributed by atoms with Gasteiger partial charge in [-0.2, -0.15) is 0 Å². The van der Waals surface area contributed by atoms with Crippen LogP contribution >= 0.6 is 11.6 Å². The molecule has 2 rings (SSSR count). The Labute approximate surface area is 120 Å². The van der Waals surface area contributed by atoms with E-state index in [0.717, 1.165) is 42.4 Å². The Balaban J connectivity index is 2.08. The number of alkyl halides is 1. The van der Waals surface area contributed by atoms with Crippen molar-refractivity contribution in [3.8, 4) is 0 Å². The Morgan fingerprint density at radius 1 is 1.11 bits per heavy atom. The number of nitrogens with one attached hydrogen (secondary N) is 1. The molecule has 1 aromatic rings. The number of hydrogen-bond donors (Lipinski definition) is 1. The number of carbonyl (C=O) groups is 1. The van der Waals surface area contributed by atoms with Crippen LogP contribution in [0, 0.1) is 20.8 Å². The lowest BCUT2D eigenvalue weighted by molar-refractivity contribution is 0.0926. The van der Waals surface area contributed by atoms with Crippen molar-refractivity contribution in [3.63, 3.8) is 0 Å². The molecular formula is C16H22ClNO. The van der Waals surface area contributed by atoms with E-state index in [4.69, 9.17) is 11.6 Å². The minimum Gasteiger partial charge on any atom is -0.349 e. The van der Waals surface area contributed by atoms with Crippen LogP contribution in [0.1, 0.15) is 52.7 Å². The minimum absolute atomic E-state index is 0.0630. The topological polar surface area (TPSA) is 29.1 Å². The minimum atomic E-state index is 0.0630. The van der Waals surface area contributed by atoms with E-state index in [1.54, 1.807) is 0 Å². The van der Waals surface area contributed by atoms with Gasteiger partial charge in [0.1, 0.15) is 0 Å². The summed E-state index contributed by atoms with van der Waals surface area (Å²) in [5.41, 5.74) is 4.15. The first-order valence-corrected chi connectivity index (χ1v) is 7.44.